The first kappa shape index (κ1) is 20.7. The Labute approximate surface area is 175 Å². The van der Waals surface area contributed by atoms with Crippen LogP contribution in [0.4, 0.5) is 5.82 Å². The Morgan fingerprint density at radius 2 is 1.72 bits per heavy atom. The van der Waals surface area contributed by atoms with E-state index in [0.29, 0.717) is 28.6 Å². The maximum absolute atomic E-state index is 12.8. The third-order valence-electron chi connectivity index (χ3n) is 3.96. The lowest BCUT2D eigenvalue weighted by molar-refractivity contribution is 0.102. The number of aromatic nitrogens is 1. The molecule has 0 spiro atoms. The normalized spacial score (nSPS) is 10.7. The van der Waals surface area contributed by atoms with Crippen molar-refractivity contribution in [3.63, 3.8) is 0 Å². The largest absolute Gasteiger partial charge is 0.491 e. The van der Waals surface area contributed by atoms with Crippen LogP contribution in [0.2, 0.25) is 0 Å². The molecule has 1 heterocycles. The fourth-order valence-electron chi connectivity index (χ4n) is 2.61. The van der Waals surface area contributed by atoms with E-state index in [4.69, 9.17) is 9.47 Å². The number of thioether (sulfide) groups is 1. The van der Waals surface area contributed by atoms with Crippen LogP contribution < -0.4 is 14.8 Å². The summed E-state index contributed by atoms with van der Waals surface area (Å²) in [6.07, 6.45) is 3.71. The number of hydrogen-bond acceptors (Lipinski definition) is 5. The first-order chi connectivity index (χ1) is 13.9. The third-order valence-corrected chi connectivity index (χ3v) is 4.71. The van der Waals surface area contributed by atoms with Gasteiger partial charge in [-0.3, -0.25) is 4.79 Å². The Bertz CT molecular complexity index is 970. The highest BCUT2D eigenvalue weighted by Gasteiger charge is 2.13. The summed E-state index contributed by atoms with van der Waals surface area (Å²) in [5.41, 5.74) is 1.46. The molecule has 1 amide bonds. The van der Waals surface area contributed by atoms with Gasteiger partial charge >= 0.3 is 0 Å². The van der Waals surface area contributed by atoms with Crippen molar-refractivity contribution < 1.29 is 14.3 Å². The van der Waals surface area contributed by atoms with Crippen molar-refractivity contribution in [2.24, 2.45) is 0 Å². The van der Waals surface area contributed by atoms with Crippen molar-refractivity contribution in [2.45, 2.75) is 31.8 Å². The summed E-state index contributed by atoms with van der Waals surface area (Å²) in [6.45, 7) is 5.82. The lowest BCUT2D eigenvalue weighted by atomic mass is 10.2. The minimum Gasteiger partial charge on any atom is -0.491 e. The highest BCUT2D eigenvalue weighted by Crippen LogP contribution is 2.29. The molecule has 5 nitrogen and oxygen atoms in total. The van der Waals surface area contributed by atoms with Crippen LogP contribution in [0.3, 0.4) is 0 Å². The molecule has 0 atom stereocenters. The number of amides is 1. The van der Waals surface area contributed by atoms with E-state index in [1.807, 2.05) is 57.4 Å². The average Bonchev–Trinajstić information content (AvgIpc) is 2.69. The molecule has 0 aliphatic carbocycles. The summed E-state index contributed by atoms with van der Waals surface area (Å²) in [5, 5.41) is 2.81. The molecule has 1 aromatic heterocycles. The molecule has 0 saturated heterocycles. The van der Waals surface area contributed by atoms with Gasteiger partial charge in [-0.05, 0) is 75.1 Å². The number of hydrogen-bond donors (Lipinski definition) is 1. The molecule has 0 unspecified atom stereocenters. The van der Waals surface area contributed by atoms with E-state index in [9.17, 15) is 4.79 Å². The molecule has 0 aliphatic heterocycles. The Balaban J connectivity index is 1.85. The van der Waals surface area contributed by atoms with E-state index in [1.54, 1.807) is 42.2 Å². The van der Waals surface area contributed by atoms with Gasteiger partial charge in [0.25, 0.3) is 5.91 Å². The minimum absolute atomic E-state index is 0.0270. The maximum Gasteiger partial charge on any atom is 0.257 e. The van der Waals surface area contributed by atoms with Gasteiger partial charge in [0.2, 0.25) is 0 Å². The second kappa shape index (κ2) is 9.47. The predicted molar refractivity (Wildman–Crippen MR) is 117 cm³/mol. The zero-order valence-electron chi connectivity index (χ0n) is 16.9. The minimum atomic E-state index is -0.279. The lowest BCUT2D eigenvalue weighted by Gasteiger charge is -2.14. The molecule has 29 heavy (non-hydrogen) atoms. The fraction of sp³-hybridized carbons (Fsp3) is 0.217. The smallest absolute Gasteiger partial charge is 0.257 e. The van der Waals surface area contributed by atoms with Crippen LogP contribution in [0.5, 0.6) is 17.2 Å². The number of pyridine rings is 1. The van der Waals surface area contributed by atoms with Crippen molar-refractivity contribution in [1.29, 1.82) is 0 Å². The van der Waals surface area contributed by atoms with Gasteiger partial charge in [-0.1, -0.05) is 6.07 Å². The topological polar surface area (TPSA) is 60.5 Å². The van der Waals surface area contributed by atoms with E-state index in [2.05, 4.69) is 10.3 Å². The van der Waals surface area contributed by atoms with E-state index < -0.39 is 0 Å². The van der Waals surface area contributed by atoms with Crippen molar-refractivity contribution in [1.82, 2.24) is 4.98 Å². The van der Waals surface area contributed by atoms with E-state index in [1.165, 1.54) is 0 Å². The van der Waals surface area contributed by atoms with Crippen LogP contribution in [-0.4, -0.2) is 23.3 Å². The second-order valence-corrected chi connectivity index (χ2v) is 7.69. The summed E-state index contributed by atoms with van der Waals surface area (Å²) < 4.78 is 11.8. The molecule has 1 N–H and O–H groups in total. The standard InChI is InChI=1S/C23H24N2O3S/c1-15(2)27-19-11-17(23(26)25-22-10-5-16(3)14-24-22)12-20(13-19)28-18-6-8-21(29-4)9-7-18/h5-15H,1-4H3,(H,24,25,26). The van der Waals surface area contributed by atoms with Gasteiger partial charge in [-0.2, -0.15) is 0 Å². The molecule has 150 valence electrons. The molecular weight excluding hydrogens is 384 g/mol. The fourth-order valence-corrected chi connectivity index (χ4v) is 3.02. The number of rotatable bonds is 7. The predicted octanol–water partition coefficient (Wildman–Crippen LogP) is 5.94. The van der Waals surface area contributed by atoms with Crippen molar-refractivity contribution in [2.75, 3.05) is 11.6 Å². The Kier molecular flexibility index (Phi) is 6.77. The number of anilines is 1. The highest BCUT2D eigenvalue weighted by atomic mass is 32.2. The number of nitrogens with one attached hydrogen (secondary N) is 1. The van der Waals surface area contributed by atoms with E-state index >= 15 is 0 Å². The van der Waals surface area contributed by atoms with Crippen molar-refractivity contribution >= 4 is 23.5 Å². The monoisotopic (exact) mass is 408 g/mol. The maximum atomic E-state index is 12.8. The molecule has 6 heteroatoms. The summed E-state index contributed by atoms with van der Waals surface area (Å²) in [6, 6.07) is 16.6. The van der Waals surface area contributed by atoms with Crippen LogP contribution in [0.25, 0.3) is 0 Å². The van der Waals surface area contributed by atoms with Crippen LogP contribution in [0, 0.1) is 6.92 Å². The van der Waals surface area contributed by atoms with Crippen molar-refractivity contribution in [3.8, 4) is 17.2 Å². The number of carbonyl (C=O) groups is 1. The van der Waals surface area contributed by atoms with Crippen LogP contribution in [-0.2, 0) is 0 Å². The Morgan fingerprint density at radius 1 is 1.00 bits per heavy atom. The Hall–Kier alpha value is -2.99. The molecule has 0 radical (unpaired) electrons. The van der Waals surface area contributed by atoms with Crippen LogP contribution >= 0.6 is 11.8 Å². The van der Waals surface area contributed by atoms with Gasteiger partial charge < -0.3 is 14.8 Å². The van der Waals surface area contributed by atoms with Gasteiger partial charge in [0.05, 0.1) is 6.10 Å². The number of nitrogens with zero attached hydrogens (tertiary/aromatic N) is 1. The second-order valence-electron chi connectivity index (χ2n) is 6.81. The number of carbonyl (C=O) groups excluding carboxylic acids is 1. The number of ether oxygens (including phenoxy) is 2. The molecular formula is C23H24N2O3S. The third kappa shape index (κ3) is 5.99. The van der Waals surface area contributed by atoms with Crippen LogP contribution in [0.15, 0.2) is 65.7 Å². The molecule has 0 aliphatic rings. The summed E-state index contributed by atoms with van der Waals surface area (Å²) in [4.78, 5) is 18.1. The number of aryl methyl sites for hydroxylation is 1. The first-order valence-corrected chi connectivity index (χ1v) is 10.5. The van der Waals surface area contributed by atoms with Gasteiger partial charge in [0.15, 0.2) is 0 Å². The quantitative estimate of drug-likeness (QED) is 0.490. The zero-order valence-corrected chi connectivity index (χ0v) is 17.7. The Morgan fingerprint density at radius 3 is 2.34 bits per heavy atom. The first-order valence-electron chi connectivity index (χ1n) is 9.30. The lowest BCUT2D eigenvalue weighted by Crippen LogP contribution is -2.14. The van der Waals surface area contributed by atoms with Crippen LogP contribution in [0.1, 0.15) is 29.8 Å². The molecule has 3 rings (SSSR count). The molecule has 0 saturated carbocycles. The molecule has 3 aromatic rings. The van der Waals surface area contributed by atoms with Gasteiger partial charge in [0.1, 0.15) is 23.1 Å². The zero-order chi connectivity index (χ0) is 20.8. The van der Waals surface area contributed by atoms with Gasteiger partial charge in [-0.25, -0.2) is 4.98 Å². The summed E-state index contributed by atoms with van der Waals surface area (Å²) in [7, 11) is 0. The van der Waals surface area contributed by atoms with E-state index in [0.717, 1.165) is 10.5 Å². The van der Waals surface area contributed by atoms with Gasteiger partial charge in [0, 0.05) is 22.7 Å². The molecule has 0 bridgehead atoms. The summed E-state index contributed by atoms with van der Waals surface area (Å²) in [5.74, 6) is 2.00. The average molecular weight is 409 g/mol. The molecule has 0 fully saturated rings. The summed E-state index contributed by atoms with van der Waals surface area (Å²) >= 11 is 1.67. The highest BCUT2D eigenvalue weighted by molar-refractivity contribution is 7.98. The molecule has 2 aromatic carbocycles. The van der Waals surface area contributed by atoms with E-state index in [-0.39, 0.29) is 12.0 Å². The van der Waals surface area contributed by atoms with Crippen molar-refractivity contribution in [3.05, 3.63) is 71.9 Å². The number of benzene rings is 2. The van der Waals surface area contributed by atoms with Gasteiger partial charge in [-0.15, -0.1) is 11.8 Å². The SMILES string of the molecule is CSc1ccc(Oc2cc(OC(C)C)cc(C(=O)Nc3ccc(C)cn3)c2)cc1.